The summed E-state index contributed by atoms with van der Waals surface area (Å²) >= 11 is 0. The highest BCUT2D eigenvalue weighted by molar-refractivity contribution is 6.10. The molecule has 0 bridgehead atoms. The lowest BCUT2D eigenvalue weighted by molar-refractivity contribution is 0.102. The molecule has 3 rings (SSSR count). The molecule has 0 aromatic heterocycles. The number of nitriles is 1. The van der Waals surface area contributed by atoms with Gasteiger partial charge < -0.3 is 10.7 Å². The smallest absolute Gasteiger partial charge is 0.255 e. The molecule has 2 aromatic carbocycles. The van der Waals surface area contributed by atoms with E-state index >= 15 is 0 Å². The maximum Gasteiger partial charge on any atom is 0.255 e. The van der Waals surface area contributed by atoms with E-state index in [2.05, 4.69) is 15.7 Å². The Kier molecular flexibility index (Phi) is 4.54. The number of amides is 1. The molecule has 1 aliphatic rings. The molecule has 1 aliphatic heterocycles. The molecule has 2 N–H and O–H groups in total. The quantitative estimate of drug-likeness (QED) is 0.907. The lowest BCUT2D eigenvalue weighted by atomic mass is 10.1. The van der Waals surface area contributed by atoms with Gasteiger partial charge in [-0.15, -0.1) is 0 Å². The molecule has 0 spiro atoms. The number of hydrogen-bond acceptors (Lipinski definition) is 5. The fourth-order valence-electron chi connectivity index (χ4n) is 2.42. The van der Waals surface area contributed by atoms with Crippen molar-refractivity contribution in [2.24, 2.45) is 4.99 Å². The number of likely N-dealkylation sites (N-methyl/N-ethyl adjacent to an activating group) is 1. The minimum absolute atomic E-state index is 0.225. The molecule has 0 fully saturated rings. The van der Waals surface area contributed by atoms with Gasteiger partial charge in [-0.3, -0.25) is 9.79 Å². The van der Waals surface area contributed by atoms with Crippen LogP contribution in [0.15, 0.2) is 53.5 Å². The highest BCUT2D eigenvalue weighted by Crippen LogP contribution is 2.18. The lowest BCUT2D eigenvalue weighted by Gasteiger charge is -2.25. The molecule has 120 valence electrons. The summed E-state index contributed by atoms with van der Waals surface area (Å²) in [6, 6.07) is 16.1. The van der Waals surface area contributed by atoms with Gasteiger partial charge in [-0.2, -0.15) is 5.26 Å². The van der Waals surface area contributed by atoms with Crippen molar-refractivity contribution in [2.45, 2.75) is 0 Å². The highest BCUT2D eigenvalue weighted by atomic mass is 16.1. The van der Waals surface area contributed by atoms with Crippen LogP contribution in [0.5, 0.6) is 0 Å². The van der Waals surface area contributed by atoms with Gasteiger partial charge >= 0.3 is 0 Å². The summed E-state index contributed by atoms with van der Waals surface area (Å²) in [6.45, 7) is 1.54. The van der Waals surface area contributed by atoms with Gasteiger partial charge in [0.1, 0.15) is 5.84 Å². The summed E-state index contributed by atoms with van der Waals surface area (Å²) in [5.74, 6) is 0.510. The number of hydrazine groups is 1. The molecule has 0 atom stereocenters. The molecule has 1 heterocycles. The van der Waals surface area contributed by atoms with Crippen LogP contribution >= 0.6 is 0 Å². The van der Waals surface area contributed by atoms with E-state index in [-0.39, 0.29) is 5.91 Å². The normalized spacial score (nSPS) is 14.2. The van der Waals surface area contributed by atoms with Gasteiger partial charge in [0.2, 0.25) is 0 Å². The number of hydrogen-bond donors (Lipinski definition) is 2. The molecule has 2 aromatic rings. The van der Waals surface area contributed by atoms with Gasteiger partial charge in [0.15, 0.2) is 0 Å². The number of carbonyl (C=O) groups excluding carboxylic acids is 1. The van der Waals surface area contributed by atoms with Crippen molar-refractivity contribution in [2.75, 3.05) is 25.5 Å². The van der Waals surface area contributed by atoms with Crippen molar-refractivity contribution < 1.29 is 4.79 Å². The zero-order valence-electron chi connectivity index (χ0n) is 13.3. The Hall–Kier alpha value is -3.17. The van der Waals surface area contributed by atoms with Crippen LogP contribution in [-0.2, 0) is 0 Å². The number of para-hydroxylation sites is 1. The molecule has 24 heavy (non-hydrogen) atoms. The van der Waals surface area contributed by atoms with Crippen molar-refractivity contribution >= 4 is 17.4 Å². The molecular weight excluding hydrogens is 302 g/mol. The fraction of sp³-hybridized carbons (Fsp3) is 0.167. The lowest BCUT2D eigenvalue weighted by Crippen LogP contribution is -2.45. The largest absolute Gasteiger partial charge is 0.321 e. The van der Waals surface area contributed by atoms with E-state index in [0.717, 1.165) is 17.9 Å². The summed E-state index contributed by atoms with van der Waals surface area (Å²) in [7, 11) is 1.95. The second-order valence-electron chi connectivity index (χ2n) is 5.45. The number of rotatable bonds is 3. The highest BCUT2D eigenvalue weighted by Gasteiger charge is 2.16. The van der Waals surface area contributed by atoms with Crippen LogP contribution in [0.25, 0.3) is 0 Å². The Labute approximate surface area is 140 Å². The average molecular weight is 319 g/mol. The van der Waals surface area contributed by atoms with Gasteiger partial charge in [-0.25, -0.2) is 5.01 Å². The van der Waals surface area contributed by atoms with Gasteiger partial charge in [0.05, 0.1) is 23.9 Å². The van der Waals surface area contributed by atoms with E-state index in [1.165, 1.54) is 0 Å². The van der Waals surface area contributed by atoms with Crippen molar-refractivity contribution in [1.82, 2.24) is 10.4 Å². The Morgan fingerprint density at radius 2 is 2.00 bits per heavy atom. The predicted octanol–water partition coefficient (Wildman–Crippen LogP) is 2.01. The van der Waals surface area contributed by atoms with Gasteiger partial charge in [-0.1, -0.05) is 12.1 Å². The molecule has 0 radical (unpaired) electrons. The van der Waals surface area contributed by atoms with E-state index in [9.17, 15) is 4.79 Å². The SMILES string of the molecule is CN1CCN=C(c2ccccc2NC(=O)c2ccc(C#N)cc2)N1. The Morgan fingerprint density at radius 1 is 1.25 bits per heavy atom. The minimum Gasteiger partial charge on any atom is -0.321 e. The van der Waals surface area contributed by atoms with Crippen LogP contribution in [-0.4, -0.2) is 36.9 Å². The van der Waals surface area contributed by atoms with Gasteiger partial charge in [0.25, 0.3) is 5.91 Å². The summed E-state index contributed by atoms with van der Waals surface area (Å²) in [5, 5.41) is 13.7. The van der Waals surface area contributed by atoms with Crippen LogP contribution in [0.2, 0.25) is 0 Å². The molecule has 0 saturated heterocycles. The van der Waals surface area contributed by atoms with Gasteiger partial charge in [-0.05, 0) is 36.4 Å². The molecule has 1 amide bonds. The number of carbonyl (C=O) groups is 1. The maximum absolute atomic E-state index is 12.4. The standard InChI is InChI=1S/C18H17N5O/c1-23-11-10-20-17(22-23)15-4-2-3-5-16(15)21-18(24)14-8-6-13(12-19)7-9-14/h2-9H,10-11H2,1H3,(H,20,22)(H,21,24). The topological polar surface area (TPSA) is 80.5 Å². The third kappa shape index (κ3) is 3.42. The van der Waals surface area contributed by atoms with Gasteiger partial charge in [0, 0.05) is 24.7 Å². The number of aliphatic imine (C=N–C) groups is 1. The summed E-state index contributed by atoms with van der Waals surface area (Å²) in [4.78, 5) is 16.9. The first-order valence-electron chi connectivity index (χ1n) is 7.60. The fourth-order valence-corrected chi connectivity index (χ4v) is 2.42. The number of anilines is 1. The Bertz CT molecular complexity index is 820. The monoisotopic (exact) mass is 319 g/mol. The summed E-state index contributed by atoms with van der Waals surface area (Å²) in [6.07, 6.45) is 0. The zero-order chi connectivity index (χ0) is 16.9. The van der Waals surface area contributed by atoms with Crippen LogP contribution in [0.4, 0.5) is 5.69 Å². The first-order valence-corrected chi connectivity index (χ1v) is 7.60. The van der Waals surface area contributed by atoms with Crippen LogP contribution in [0, 0.1) is 11.3 Å². The zero-order valence-corrected chi connectivity index (χ0v) is 13.3. The summed E-state index contributed by atoms with van der Waals surface area (Å²) < 4.78 is 0. The van der Waals surface area contributed by atoms with E-state index < -0.39 is 0 Å². The second-order valence-corrected chi connectivity index (χ2v) is 5.45. The van der Waals surface area contributed by atoms with E-state index in [1.807, 2.05) is 42.4 Å². The first kappa shape index (κ1) is 15.7. The number of benzene rings is 2. The van der Waals surface area contributed by atoms with Crippen LogP contribution < -0.4 is 10.7 Å². The van der Waals surface area contributed by atoms with E-state index in [1.54, 1.807) is 24.3 Å². The average Bonchev–Trinajstić information content (AvgIpc) is 2.62. The van der Waals surface area contributed by atoms with E-state index in [4.69, 9.17) is 5.26 Å². The first-order chi connectivity index (χ1) is 11.7. The Morgan fingerprint density at radius 3 is 2.71 bits per heavy atom. The molecule has 6 heteroatoms. The molecular formula is C18H17N5O. The molecule has 0 aliphatic carbocycles. The minimum atomic E-state index is -0.225. The van der Waals surface area contributed by atoms with E-state index in [0.29, 0.717) is 23.4 Å². The maximum atomic E-state index is 12.4. The predicted molar refractivity (Wildman–Crippen MR) is 92.7 cm³/mol. The third-order valence-electron chi connectivity index (χ3n) is 3.71. The third-order valence-corrected chi connectivity index (χ3v) is 3.71. The number of amidine groups is 1. The molecule has 0 saturated carbocycles. The van der Waals surface area contributed by atoms with Crippen molar-refractivity contribution in [3.63, 3.8) is 0 Å². The molecule has 6 nitrogen and oxygen atoms in total. The summed E-state index contributed by atoms with van der Waals surface area (Å²) in [5.41, 5.74) is 5.75. The van der Waals surface area contributed by atoms with Crippen molar-refractivity contribution in [3.05, 3.63) is 65.2 Å². The second kappa shape index (κ2) is 6.94. The van der Waals surface area contributed by atoms with Crippen molar-refractivity contribution in [1.29, 1.82) is 5.26 Å². The molecule has 0 unspecified atom stereocenters. The number of nitrogens with one attached hydrogen (secondary N) is 2. The number of nitrogens with zero attached hydrogens (tertiary/aromatic N) is 3. The van der Waals surface area contributed by atoms with Crippen LogP contribution in [0.1, 0.15) is 21.5 Å². The Balaban J connectivity index is 1.83. The van der Waals surface area contributed by atoms with Crippen molar-refractivity contribution in [3.8, 4) is 6.07 Å². The van der Waals surface area contributed by atoms with Crippen LogP contribution in [0.3, 0.4) is 0 Å².